The normalized spacial score (nSPS) is 18.7. The van der Waals surface area contributed by atoms with Crippen LogP contribution in [0, 0.1) is 5.92 Å². The number of hydrogen-bond acceptors (Lipinski definition) is 5. The lowest BCUT2D eigenvalue weighted by atomic mass is 9.99. The molecule has 7 heteroatoms. The minimum absolute atomic E-state index is 0.314. The maximum atomic E-state index is 12.3. The van der Waals surface area contributed by atoms with Crippen LogP contribution in [0.5, 0.6) is 5.88 Å². The standard InChI is InChI=1S/C14H17N3O4/c1-3-5-10-12(18)16-14(20)17(13(10)19)9-6-7-11(15-8-9)21-4-2/h6-8,10H,3-5H2,1-2H3,(H,16,18,20). The summed E-state index contributed by atoms with van der Waals surface area (Å²) >= 11 is 0. The molecule has 1 aliphatic heterocycles. The van der Waals surface area contributed by atoms with Gasteiger partial charge in [-0.2, -0.15) is 0 Å². The van der Waals surface area contributed by atoms with Gasteiger partial charge in [-0.05, 0) is 19.4 Å². The van der Waals surface area contributed by atoms with Gasteiger partial charge >= 0.3 is 6.03 Å². The summed E-state index contributed by atoms with van der Waals surface area (Å²) in [5.41, 5.74) is 0.314. The van der Waals surface area contributed by atoms with Crippen LogP contribution < -0.4 is 15.0 Å². The second-order valence-electron chi connectivity index (χ2n) is 4.60. The molecule has 1 aromatic heterocycles. The Morgan fingerprint density at radius 1 is 1.29 bits per heavy atom. The molecule has 0 aromatic carbocycles. The first-order valence-corrected chi connectivity index (χ1v) is 6.86. The van der Waals surface area contributed by atoms with Gasteiger partial charge in [0.15, 0.2) is 0 Å². The van der Waals surface area contributed by atoms with Gasteiger partial charge < -0.3 is 4.74 Å². The Morgan fingerprint density at radius 3 is 2.62 bits per heavy atom. The van der Waals surface area contributed by atoms with Crippen LogP contribution in [-0.2, 0) is 9.59 Å². The number of pyridine rings is 1. The Hall–Kier alpha value is -2.44. The number of hydrogen-bond donors (Lipinski definition) is 1. The third kappa shape index (κ3) is 3.01. The number of urea groups is 1. The molecule has 112 valence electrons. The molecular weight excluding hydrogens is 274 g/mol. The van der Waals surface area contributed by atoms with E-state index in [9.17, 15) is 14.4 Å². The molecule has 1 saturated heterocycles. The van der Waals surface area contributed by atoms with Gasteiger partial charge in [0.05, 0.1) is 18.5 Å². The van der Waals surface area contributed by atoms with Crippen LogP contribution in [-0.4, -0.2) is 29.4 Å². The maximum absolute atomic E-state index is 12.3. The number of anilines is 1. The molecule has 1 aromatic rings. The monoisotopic (exact) mass is 291 g/mol. The average molecular weight is 291 g/mol. The Kier molecular flexibility index (Phi) is 4.52. The quantitative estimate of drug-likeness (QED) is 0.830. The van der Waals surface area contributed by atoms with E-state index in [0.717, 1.165) is 4.90 Å². The van der Waals surface area contributed by atoms with E-state index in [1.165, 1.54) is 6.20 Å². The summed E-state index contributed by atoms with van der Waals surface area (Å²) in [5, 5.41) is 2.20. The van der Waals surface area contributed by atoms with Crippen LogP contribution in [0.15, 0.2) is 18.3 Å². The van der Waals surface area contributed by atoms with Crippen LogP contribution in [0.25, 0.3) is 0 Å². The summed E-state index contributed by atoms with van der Waals surface area (Å²) in [6, 6.07) is 2.39. The number of nitrogens with zero attached hydrogens (tertiary/aromatic N) is 2. The highest BCUT2D eigenvalue weighted by Crippen LogP contribution is 2.23. The highest BCUT2D eigenvalue weighted by molar-refractivity contribution is 6.27. The number of carbonyl (C=O) groups excluding carboxylic acids is 3. The number of nitrogens with one attached hydrogen (secondary N) is 1. The molecule has 0 bridgehead atoms. The summed E-state index contributed by atoms with van der Waals surface area (Å²) in [7, 11) is 0. The van der Waals surface area contributed by atoms with Gasteiger partial charge in [-0.3, -0.25) is 14.9 Å². The molecule has 0 saturated carbocycles. The summed E-state index contributed by atoms with van der Waals surface area (Å²) < 4.78 is 5.21. The van der Waals surface area contributed by atoms with Crippen molar-refractivity contribution in [2.24, 2.45) is 5.92 Å². The molecule has 0 radical (unpaired) electrons. The molecule has 1 unspecified atom stereocenters. The molecule has 21 heavy (non-hydrogen) atoms. The third-order valence-electron chi connectivity index (χ3n) is 3.12. The zero-order valence-corrected chi connectivity index (χ0v) is 12.0. The fourth-order valence-electron chi connectivity index (χ4n) is 2.14. The average Bonchev–Trinajstić information content (AvgIpc) is 2.45. The molecule has 1 fully saturated rings. The number of imide groups is 2. The Balaban J connectivity index is 2.26. The van der Waals surface area contributed by atoms with Gasteiger partial charge in [0.25, 0.3) is 0 Å². The van der Waals surface area contributed by atoms with E-state index in [2.05, 4.69) is 10.3 Å². The molecule has 2 heterocycles. The molecule has 1 atom stereocenters. The smallest absolute Gasteiger partial charge is 0.335 e. The lowest BCUT2D eigenvalue weighted by Gasteiger charge is -2.29. The first kappa shape index (κ1) is 15.0. The second-order valence-corrected chi connectivity index (χ2v) is 4.60. The van der Waals surface area contributed by atoms with Crippen molar-refractivity contribution < 1.29 is 19.1 Å². The molecular formula is C14H17N3O4. The van der Waals surface area contributed by atoms with Gasteiger partial charge in [-0.15, -0.1) is 0 Å². The molecule has 4 amide bonds. The molecule has 1 aliphatic rings. The van der Waals surface area contributed by atoms with Crippen LogP contribution >= 0.6 is 0 Å². The van der Waals surface area contributed by atoms with E-state index in [0.29, 0.717) is 31.0 Å². The maximum Gasteiger partial charge on any atom is 0.335 e. The number of amides is 4. The fraction of sp³-hybridized carbons (Fsp3) is 0.429. The van der Waals surface area contributed by atoms with Gasteiger partial charge in [0.1, 0.15) is 5.92 Å². The lowest BCUT2D eigenvalue weighted by molar-refractivity contribution is -0.134. The number of barbiturate groups is 1. The first-order valence-electron chi connectivity index (χ1n) is 6.86. The summed E-state index contributed by atoms with van der Waals surface area (Å²) in [4.78, 5) is 40.9. The zero-order valence-electron chi connectivity index (χ0n) is 12.0. The van der Waals surface area contributed by atoms with Crippen LogP contribution in [0.1, 0.15) is 26.7 Å². The van der Waals surface area contributed by atoms with Crippen LogP contribution in [0.2, 0.25) is 0 Å². The Morgan fingerprint density at radius 2 is 2.05 bits per heavy atom. The van der Waals surface area contributed by atoms with E-state index in [-0.39, 0.29) is 0 Å². The number of rotatable bonds is 5. The first-order chi connectivity index (χ1) is 10.1. The molecule has 1 N–H and O–H groups in total. The van der Waals surface area contributed by atoms with Gasteiger partial charge in [0, 0.05) is 6.07 Å². The van der Waals surface area contributed by atoms with E-state index in [1.54, 1.807) is 12.1 Å². The Bertz CT molecular complexity index is 556. The van der Waals surface area contributed by atoms with Crippen molar-refractivity contribution in [1.82, 2.24) is 10.3 Å². The van der Waals surface area contributed by atoms with Crippen molar-refractivity contribution in [2.75, 3.05) is 11.5 Å². The second kappa shape index (κ2) is 6.34. The minimum atomic E-state index is -0.834. The van der Waals surface area contributed by atoms with Crippen molar-refractivity contribution in [3.63, 3.8) is 0 Å². The molecule has 2 rings (SSSR count). The van der Waals surface area contributed by atoms with E-state index in [1.807, 2.05) is 13.8 Å². The molecule has 0 spiro atoms. The summed E-state index contributed by atoms with van der Waals surface area (Å²) in [5.74, 6) is -1.48. The van der Waals surface area contributed by atoms with Gasteiger partial charge in [0.2, 0.25) is 17.7 Å². The van der Waals surface area contributed by atoms with Crippen molar-refractivity contribution in [1.29, 1.82) is 0 Å². The predicted molar refractivity (Wildman–Crippen MR) is 74.8 cm³/mol. The van der Waals surface area contributed by atoms with E-state index >= 15 is 0 Å². The lowest BCUT2D eigenvalue weighted by Crippen LogP contribution is -2.58. The van der Waals surface area contributed by atoms with Gasteiger partial charge in [-0.25, -0.2) is 14.7 Å². The van der Waals surface area contributed by atoms with Crippen molar-refractivity contribution in [3.05, 3.63) is 18.3 Å². The van der Waals surface area contributed by atoms with Crippen molar-refractivity contribution in [3.8, 4) is 5.88 Å². The highest BCUT2D eigenvalue weighted by Gasteiger charge is 2.40. The van der Waals surface area contributed by atoms with Crippen LogP contribution in [0.3, 0.4) is 0 Å². The Labute approximate surface area is 122 Å². The minimum Gasteiger partial charge on any atom is -0.478 e. The SMILES string of the molecule is CCCC1C(=O)NC(=O)N(c2ccc(OCC)nc2)C1=O. The summed E-state index contributed by atoms with van der Waals surface area (Å²) in [6.45, 7) is 4.18. The van der Waals surface area contributed by atoms with E-state index < -0.39 is 23.8 Å². The van der Waals surface area contributed by atoms with Crippen molar-refractivity contribution >= 4 is 23.5 Å². The molecule has 0 aliphatic carbocycles. The van der Waals surface area contributed by atoms with Gasteiger partial charge in [-0.1, -0.05) is 13.3 Å². The largest absolute Gasteiger partial charge is 0.478 e. The topological polar surface area (TPSA) is 88.6 Å². The summed E-state index contributed by atoms with van der Waals surface area (Å²) in [6.07, 6.45) is 2.45. The van der Waals surface area contributed by atoms with Crippen LogP contribution in [0.4, 0.5) is 10.5 Å². The number of aromatic nitrogens is 1. The number of ether oxygens (including phenoxy) is 1. The third-order valence-corrected chi connectivity index (χ3v) is 3.12. The molecule has 7 nitrogen and oxygen atoms in total. The highest BCUT2D eigenvalue weighted by atomic mass is 16.5. The zero-order chi connectivity index (χ0) is 15.4. The fourth-order valence-corrected chi connectivity index (χ4v) is 2.14. The predicted octanol–water partition coefficient (Wildman–Crippen LogP) is 1.48. The van der Waals surface area contributed by atoms with E-state index in [4.69, 9.17) is 4.74 Å². The number of carbonyl (C=O) groups is 3. The van der Waals surface area contributed by atoms with Crippen molar-refractivity contribution in [2.45, 2.75) is 26.7 Å².